The summed E-state index contributed by atoms with van der Waals surface area (Å²) in [5, 5.41) is 17.8. The van der Waals surface area contributed by atoms with Gasteiger partial charge in [0.05, 0.1) is 6.61 Å². The minimum Gasteiger partial charge on any atom is -0.652 e. The molecular weight excluding hydrogens is 444 g/mol. The van der Waals surface area contributed by atoms with Crippen LogP contribution < -0.4 is 113 Å². The first-order chi connectivity index (χ1) is 10.9. The van der Waals surface area contributed by atoms with E-state index >= 15 is 0 Å². The van der Waals surface area contributed by atoms with Crippen molar-refractivity contribution < 1.29 is 127 Å². The van der Waals surface area contributed by atoms with Gasteiger partial charge >= 0.3 is 109 Å². The molecule has 1 saturated carbocycles. The SMILES string of the molecule is CCOC(=O)c1cc2ccc(Br)cc2n1CC1CC1.O=C([O-])[O-].[K+].[K+]. The first-order valence-electron chi connectivity index (χ1n) is 7.26. The molecule has 0 saturated heterocycles. The average molecular weight is 460 g/mol. The summed E-state index contributed by atoms with van der Waals surface area (Å²) in [4.78, 5) is 20.4. The van der Waals surface area contributed by atoms with E-state index in [1.54, 1.807) is 0 Å². The molecule has 1 aromatic carbocycles. The minimum atomic E-state index is -2.33. The van der Waals surface area contributed by atoms with Gasteiger partial charge in [-0.3, -0.25) is 0 Å². The van der Waals surface area contributed by atoms with Gasteiger partial charge in [0.15, 0.2) is 0 Å². The zero-order chi connectivity index (χ0) is 17.0. The summed E-state index contributed by atoms with van der Waals surface area (Å²) in [6.07, 6.45) is 0.186. The molecule has 0 amide bonds. The fraction of sp³-hybridized carbons (Fsp3) is 0.375. The molecule has 2 aromatic rings. The van der Waals surface area contributed by atoms with Crippen LogP contribution in [-0.2, 0) is 11.3 Å². The largest absolute Gasteiger partial charge is 1.00 e. The molecule has 0 spiro atoms. The van der Waals surface area contributed by atoms with Crippen LogP contribution in [-0.4, -0.2) is 23.3 Å². The second-order valence-electron chi connectivity index (χ2n) is 5.26. The standard InChI is InChI=1S/C15H16BrNO2.CH2O3.2K/c1-2-19-15(18)14-7-11-5-6-12(16)8-13(11)17(14)9-10-3-4-10;2-1(3)4;;/h5-8,10H,2-4,9H2,1H3;(H2,2,3,4);;/q;;2*+1/p-2. The summed E-state index contributed by atoms with van der Waals surface area (Å²) in [7, 11) is 0. The number of aromatic nitrogens is 1. The van der Waals surface area contributed by atoms with Crippen molar-refractivity contribution in [1.82, 2.24) is 4.57 Å². The molecule has 0 atom stereocenters. The fourth-order valence-corrected chi connectivity index (χ4v) is 2.71. The van der Waals surface area contributed by atoms with Crippen molar-refractivity contribution in [3.8, 4) is 0 Å². The van der Waals surface area contributed by atoms with E-state index in [1.165, 1.54) is 12.8 Å². The number of benzene rings is 1. The third-order valence-electron chi connectivity index (χ3n) is 3.49. The van der Waals surface area contributed by atoms with Crippen molar-refractivity contribution in [2.24, 2.45) is 5.92 Å². The molecule has 1 fully saturated rings. The number of ether oxygens (including phenoxy) is 1. The van der Waals surface area contributed by atoms with E-state index in [0.717, 1.165) is 21.9 Å². The Morgan fingerprint density at radius 2 is 1.84 bits per heavy atom. The molecule has 0 radical (unpaired) electrons. The molecule has 1 aromatic heterocycles. The molecule has 1 heterocycles. The number of hydrogen-bond acceptors (Lipinski definition) is 5. The zero-order valence-corrected chi connectivity index (χ0v) is 22.4. The van der Waals surface area contributed by atoms with Crippen LogP contribution in [0.2, 0.25) is 0 Å². The van der Waals surface area contributed by atoms with E-state index < -0.39 is 6.16 Å². The maximum absolute atomic E-state index is 12.1. The number of fused-ring (bicyclic) bond motifs is 1. The molecule has 9 heteroatoms. The molecule has 0 aliphatic heterocycles. The Labute approximate surface area is 239 Å². The van der Waals surface area contributed by atoms with Gasteiger partial charge in [-0.15, -0.1) is 0 Å². The van der Waals surface area contributed by atoms with Crippen LogP contribution in [0.5, 0.6) is 0 Å². The maximum atomic E-state index is 12.1. The van der Waals surface area contributed by atoms with Crippen molar-refractivity contribution in [1.29, 1.82) is 0 Å². The first-order valence-corrected chi connectivity index (χ1v) is 8.05. The van der Waals surface area contributed by atoms with Crippen LogP contribution in [0.1, 0.15) is 30.3 Å². The Hall–Kier alpha value is 1.25. The van der Waals surface area contributed by atoms with E-state index in [0.29, 0.717) is 18.2 Å². The zero-order valence-electron chi connectivity index (χ0n) is 14.6. The van der Waals surface area contributed by atoms with Crippen LogP contribution in [0, 0.1) is 5.92 Å². The molecule has 1 aliphatic carbocycles. The van der Waals surface area contributed by atoms with E-state index in [2.05, 4.69) is 26.6 Å². The average Bonchev–Trinajstić information content (AvgIpc) is 3.21. The van der Waals surface area contributed by atoms with Crippen molar-refractivity contribution in [2.75, 3.05) is 6.61 Å². The van der Waals surface area contributed by atoms with Crippen molar-refractivity contribution in [2.45, 2.75) is 26.3 Å². The van der Waals surface area contributed by atoms with Gasteiger partial charge in [0.1, 0.15) is 5.69 Å². The summed E-state index contributed by atoms with van der Waals surface area (Å²) in [6.45, 7) is 3.16. The number of carboxylic acid groups (broad SMARTS) is 2. The Balaban J connectivity index is 0.000000874. The topological polar surface area (TPSA) is 94.4 Å². The normalized spacial score (nSPS) is 12.2. The van der Waals surface area contributed by atoms with Crippen LogP contribution in [0.15, 0.2) is 28.7 Å². The van der Waals surface area contributed by atoms with Gasteiger partial charge < -0.3 is 24.3 Å². The Morgan fingerprint density at radius 3 is 2.36 bits per heavy atom. The molecule has 6 nitrogen and oxygen atoms in total. The molecule has 25 heavy (non-hydrogen) atoms. The molecular formula is C16H16BrK2NO5. The molecule has 3 rings (SSSR count). The van der Waals surface area contributed by atoms with Gasteiger partial charge in [0, 0.05) is 21.9 Å². The van der Waals surface area contributed by atoms with Gasteiger partial charge in [-0.05, 0) is 50.0 Å². The van der Waals surface area contributed by atoms with Gasteiger partial charge in [-0.25, -0.2) is 4.79 Å². The Bertz CT molecular complexity index is 727. The van der Waals surface area contributed by atoms with Crippen molar-refractivity contribution in [3.63, 3.8) is 0 Å². The first kappa shape index (κ1) is 26.3. The number of carbonyl (C=O) groups is 2. The van der Waals surface area contributed by atoms with Gasteiger partial charge in [0.2, 0.25) is 0 Å². The number of nitrogens with zero attached hydrogens (tertiary/aromatic N) is 1. The van der Waals surface area contributed by atoms with E-state index in [4.69, 9.17) is 19.7 Å². The van der Waals surface area contributed by atoms with Gasteiger partial charge in [0.25, 0.3) is 0 Å². The summed E-state index contributed by atoms with van der Waals surface area (Å²) < 4.78 is 8.30. The number of hydrogen-bond donors (Lipinski definition) is 0. The second-order valence-corrected chi connectivity index (χ2v) is 6.17. The Kier molecular flexibility index (Phi) is 13.3. The summed E-state index contributed by atoms with van der Waals surface area (Å²) in [5.74, 6) is 0.484. The summed E-state index contributed by atoms with van der Waals surface area (Å²) in [5.41, 5.74) is 1.77. The predicted molar refractivity (Wildman–Crippen MR) is 83.7 cm³/mol. The van der Waals surface area contributed by atoms with Crippen LogP contribution in [0.4, 0.5) is 4.79 Å². The van der Waals surface area contributed by atoms with E-state index in [1.807, 2.05) is 25.1 Å². The molecule has 0 bridgehead atoms. The quantitative estimate of drug-likeness (QED) is 0.339. The predicted octanol–water partition coefficient (Wildman–Crippen LogP) is -4.45. The minimum absolute atomic E-state index is 0. The number of rotatable bonds is 4. The van der Waals surface area contributed by atoms with Crippen LogP contribution in [0.3, 0.4) is 0 Å². The monoisotopic (exact) mass is 459 g/mol. The van der Waals surface area contributed by atoms with E-state index in [9.17, 15) is 4.79 Å². The summed E-state index contributed by atoms with van der Waals surface area (Å²) >= 11 is 3.50. The molecule has 0 unspecified atom stereocenters. The number of esters is 1. The third-order valence-corrected chi connectivity index (χ3v) is 3.98. The van der Waals surface area contributed by atoms with Crippen molar-refractivity contribution >= 4 is 39.0 Å². The van der Waals surface area contributed by atoms with Gasteiger partial charge in [-0.2, -0.15) is 0 Å². The molecule has 0 N–H and O–H groups in total. The van der Waals surface area contributed by atoms with E-state index in [-0.39, 0.29) is 109 Å². The number of carbonyl (C=O) groups excluding carboxylic acids is 2. The maximum Gasteiger partial charge on any atom is 1.00 e. The number of halogens is 1. The molecule has 1 aliphatic rings. The van der Waals surface area contributed by atoms with Crippen molar-refractivity contribution in [3.05, 3.63) is 34.4 Å². The smallest absolute Gasteiger partial charge is 0.652 e. The fourth-order valence-electron chi connectivity index (χ4n) is 2.36. The third kappa shape index (κ3) is 8.43. The van der Waals surface area contributed by atoms with Crippen LogP contribution >= 0.6 is 15.9 Å². The Morgan fingerprint density at radius 1 is 1.24 bits per heavy atom. The molecule has 124 valence electrons. The van der Waals surface area contributed by atoms with Crippen LogP contribution in [0.25, 0.3) is 10.9 Å². The second kappa shape index (κ2) is 12.7. The van der Waals surface area contributed by atoms with Gasteiger partial charge in [-0.1, -0.05) is 22.0 Å². The summed E-state index contributed by atoms with van der Waals surface area (Å²) in [6, 6.07) is 8.03.